The minimum Gasteiger partial charge on any atom is -0.453 e. The number of aliphatic hydroxyl groups is 1. The summed E-state index contributed by atoms with van der Waals surface area (Å²) in [6.07, 6.45) is 0.0143. The lowest BCUT2D eigenvalue weighted by molar-refractivity contribution is -0.133. The van der Waals surface area contributed by atoms with Crippen LogP contribution in [0.25, 0.3) is 11.3 Å². The third-order valence-corrected chi connectivity index (χ3v) is 10.4. The molecule has 1 fully saturated rings. The number of alkyl carbamates (subject to hydrolysis) is 1. The Balaban J connectivity index is 1.42. The molecule has 14 heteroatoms. The average Bonchev–Trinajstić information content (AvgIpc) is 3.54. The van der Waals surface area contributed by atoms with Crippen LogP contribution in [0.15, 0.2) is 97.2 Å². The number of carbonyl (C=O) groups is 4. The monoisotopic (exact) mass is 820 g/mol. The number of aliphatic hydroxyl groups excluding tert-OH is 1. The van der Waals surface area contributed by atoms with Crippen LogP contribution in [0.4, 0.5) is 9.59 Å². The molecule has 0 bridgehead atoms. The van der Waals surface area contributed by atoms with E-state index in [0.717, 1.165) is 33.8 Å². The van der Waals surface area contributed by atoms with Gasteiger partial charge in [-0.1, -0.05) is 108 Å². The number of carbonyl (C=O) groups excluding carboxylic acids is 4. The molecule has 2 aromatic heterocycles. The molecule has 5 rings (SSSR count). The molecule has 14 nitrogen and oxygen atoms in total. The Morgan fingerprint density at radius 1 is 0.833 bits per heavy atom. The minimum absolute atomic E-state index is 0.110. The summed E-state index contributed by atoms with van der Waals surface area (Å²) in [7, 11) is 1.23. The van der Waals surface area contributed by atoms with Gasteiger partial charge in [-0.15, -0.1) is 0 Å². The van der Waals surface area contributed by atoms with Crippen molar-refractivity contribution in [3.63, 3.8) is 0 Å². The van der Waals surface area contributed by atoms with E-state index < -0.39 is 53.0 Å². The summed E-state index contributed by atoms with van der Waals surface area (Å²) in [5.74, 6) is -0.915. The second kappa shape index (κ2) is 19.9. The van der Waals surface area contributed by atoms with Crippen molar-refractivity contribution in [2.45, 2.75) is 92.2 Å². The minimum atomic E-state index is -1.22. The maximum absolute atomic E-state index is 14.6. The summed E-state index contributed by atoms with van der Waals surface area (Å²) >= 11 is 0. The molecule has 1 saturated heterocycles. The smallest absolute Gasteiger partial charge is 0.407 e. The third kappa shape index (κ3) is 12.3. The molecule has 3 heterocycles. The van der Waals surface area contributed by atoms with Crippen molar-refractivity contribution in [1.82, 2.24) is 40.8 Å². The fraction of sp³-hybridized carbons (Fsp3) is 0.435. The number of aryl methyl sites for hydroxylation is 1. The molecule has 320 valence electrons. The van der Waals surface area contributed by atoms with Crippen LogP contribution in [0.2, 0.25) is 0 Å². The molecule has 0 saturated carbocycles. The predicted molar refractivity (Wildman–Crippen MR) is 230 cm³/mol. The molecule has 2 aromatic carbocycles. The van der Waals surface area contributed by atoms with Crippen molar-refractivity contribution >= 4 is 23.9 Å². The summed E-state index contributed by atoms with van der Waals surface area (Å²) in [6, 6.07) is 25.7. The molecule has 0 unspecified atom stereocenters. The van der Waals surface area contributed by atoms with Crippen LogP contribution in [0.3, 0.4) is 0 Å². The van der Waals surface area contributed by atoms with Crippen LogP contribution >= 0.6 is 0 Å². The highest BCUT2D eigenvalue weighted by atomic mass is 16.5. The van der Waals surface area contributed by atoms with E-state index >= 15 is 0 Å². The topological polar surface area (TPSA) is 169 Å². The first-order valence-corrected chi connectivity index (χ1v) is 20.3. The van der Waals surface area contributed by atoms with Crippen LogP contribution in [-0.4, -0.2) is 105 Å². The third-order valence-electron chi connectivity index (χ3n) is 10.4. The molecule has 4 N–H and O–H groups in total. The number of ether oxygens (including phenoxy) is 1. The van der Waals surface area contributed by atoms with Crippen LogP contribution in [0.1, 0.15) is 64.1 Å². The van der Waals surface area contributed by atoms with Gasteiger partial charge in [0.2, 0.25) is 5.91 Å². The Bertz CT molecular complexity index is 2050. The van der Waals surface area contributed by atoms with Crippen molar-refractivity contribution in [2.75, 3.05) is 26.7 Å². The van der Waals surface area contributed by atoms with E-state index in [-0.39, 0.29) is 25.5 Å². The summed E-state index contributed by atoms with van der Waals surface area (Å²) in [4.78, 5) is 67.2. The Morgan fingerprint density at radius 2 is 1.53 bits per heavy atom. The molecule has 4 atom stereocenters. The first-order valence-electron chi connectivity index (χ1n) is 20.3. The fourth-order valence-corrected chi connectivity index (χ4v) is 7.40. The number of methoxy groups -OCH3 is 1. The number of nitrogens with one attached hydrogen (secondary N) is 3. The van der Waals surface area contributed by atoms with E-state index in [1.54, 1.807) is 21.0 Å². The van der Waals surface area contributed by atoms with Gasteiger partial charge < -0.3 is 30.3 Å². The van der Waals surface area contributed by atoms with Crippen LogP contribution in [0, 0.1) is 17.8 Å². The Labute approximate surface area is 353 Å². The fourth-order valence-electron chi connectivity index (χ4n) is 7.40. The van der Waals surface area contributed by atoms with Crippen molar-refractivity contribution in [1.29, 1.82) is 0 Å². The van der Waals surface area contributed by atoms with E-state index in [4.69, 9.17) is 4.74 Å². The molecule has 4 aromatic rings. The molecule has 1 aliphatic heterocycles. The van der Waals surface area contributed by atoms with E-state index in [9.17, 15) is 24.3 Å². The SMILES string of the molecule is COC(=O)N[C@H](C(=O)NN(Cc1ccc(-c2ccccn2)cc1)C[C@H](O)[C@H](Cc1ccccc1)NC(=O)[C@@H](N1CCN(Cc2cccc(C)n2)C1=O)C(C)(C)C)C(C)(C)C. The highest BCUT2D eigenvalue weighted by molar-refractivity contribution is 5.89. The van der Waals surface area contributed by atoms with Crippen LogP contribution in [0.5, 0.6) is 0 Å². The normalized spacial score (nSPS) is 15.3. The maximum atomic E-state index is 14.6. The molecule has 1 aliphatic rings. The number of benzene rings is 2. The van der Waals surface area contributed by atoms with Gasteiger partial charge in [-0.2, -0.15) is 0 Å². The summed E-state index contributed by atoms with van der Waals surface area (Å²) in [5.41, 5.74) is 6.62. The number of amides is 5. The largest absolute Gasteiger partial charge is 0.453 e. The van der Waals surface area contributed by atoms with Crippen molar-refractivity contribution in [3.05, 3.63) is 120 Å². The van der Waals surface area contributed by atoms with Gasteiger partial charge in [0.15, 0.2) is 0 Å². The first-order chi connectivity index (χ1) is 28.4. The predicted octanol–water partition coefficient (Wildman–Crippen LogP) is 5.50. The number of hydrazine groups is 1. The number of hydrogen-bond donors (Lipinski definition) is 4. The second-order valence-electron chi connectivity index (χ2n) is 17.5. The summed E-state index contributed by atoms with van der Waals surface area (Å²) in [6.45, 7) is 14.3. The van der Waals surface area contributed by atoms with Crippen molar-refractivity contribution < 1.29 is 29.0 Å². The number of urea groups is 1. The molecular weight excluding hydrogens is 761 g/mol. The van der Waals surface area contributed by atoms with Gasteiger partial charge in [-0.05, 0) is 59.6 Å². The quantitative estimate of drug-likeness (QED) is 0.107. The highest BCUT2D eigenvalue weighted by Crippen LogP contribution is 2.29. The van der Waals surface area contributed by atoms with Crippen molar-refractivity contribution in [3.8, 4) is 11.3 Å². The number of rotatable bonds is 16. The second-order valence-corrected chi connectivity index (χ2v) is 17.5. The zero-order valence-electron chi connectivity index (χ0n) is 36.0. The Morgan fingerprint density at radius 3 is 2.15 bits per heavy atom. The van der Waals surface area contributed by atoms with Gasteiger partial charge in [0.05, 0.1) is 37.2 Å². The van der Waals surface area contributed by atoms with Gasteiger partial charge >= 0.3 is 12.1 Å². The van der Waals surface area contributed by atoms with Crippen molar-refractivity contribution in [2.24, 2.45) is 10.8 Å². The van der Waals surface area contributed by atoms with Gasteiger partial charge in [0.1, 0.15) is 12.1 Å². The summed E-state index contributed by atoms with van der Waals surface area (Å²) < 4.78 is 4.83. The average molecular weight is 821 g/mol. The van der Waals surface area contributed by atoms with Gasteiger partial charge in [-0.25, -0.2) is 14.6 Å². The molecule has 5 amide bonds. The van der Waals surface area contributed by atoms with Gasteiger partial charge in [0.25, 0.3) is 5.91 Å². The lowest BCUT2D eigenvalue weighted by atomic mass is 9.84. The van der Waals surface area contributed by atoms with Gasteiger partial charge in [-0.3, -0.25) is 25.0 Å². The van der Waals surface area contributed by atoms with E-state index in [2.05, 4.69) is 26.0 Å². The zero-order chi connectivity index (χ0) is 43.6. The molecule has 60 heavy (non-hydrogen) atoms. The standard InChI is InChI=1S/C46H60N8O6/c1-31-15-14-18-35(48-31)29-52-25-26-54(44(52)59)40(46(5,6)7)42(57)49-37(27-32-16-10-9-11-17-32)38(55)30-53(51-41(56)39(45(2,3)4)50-43(58)60-8)28-33-20-22-34(23-21-33)36-19-12-13-24-47-36/h9-24,37-40,55H,25-30H2,1-8H3,(H,49,57)(H,50,58)(H,51,56)/t37-,38-,39+,40+/m0/s1. The summed E-state index contributed by atoms with van der Waals surface area (Å²) in [5, 5.41) is 19.6. The van der Waals surface area contributed by atoms with E-state index in [1.807, 2.05) is 139 Å². The first kappa shape index (κ1) is 45.2. The Hall–Kier alpha value is -5.86. The van der Waals surface area contributed by atoms with Gasteiger partial charge in [0, 0.05) is 43.6 Å². The zero-order valence-corrected chi connectivity index (χ0v) is 36.0. The number of hydrogen-bond acceptors (Lipinski definition) is 9. The Kier molecular flexibility index (Phi) is 15.0. The number of nitrogens with zero attached hydrogens (tertiary/aromatic N) is 5. The van der Waals surface area contributed by atoms with Crippen LogP contribution < -0.4 is 16.1 Å². The molecule has 0 aliphatic carbocycles. The molecule has 0 radical (unpaired) electrons. The number of pyridine rings is 2. The molecular formula is C46H60N8O6. The lowest BCUT2D eigenvalue weighted by Crippen LogP contribution is -2.61. The van der Waals surface area contributed by atoms with Crippen LogP contribution in [-0.2, 0) is 33.8 Å². The van der Waals surface area contributed by atoms with E-state index in [0.29, 0.717) is 19.6 Å². The maximum Gasteiger partial charge on any atom is 0.407 e. The lowest BCUT2D eigenvalue weighted by Gasteiger charge is -2.38. The number of aromatic nitrogens is 2. The highest BCUT2D eigenvalue weighted by Gasteiger charge is 2.44. The van der Waals surface area contributed by atoms with E-state index in [1.165, 1.54) is 7.11 Å². The molecule has 0 spiro atoms.